The summed E-state index contributed by atoms with van der Waals surface area (Å²) in [5.74, 6) is 0.693. The second kappa shape index (κ2) is 8.05. The Morgan fingerprint density at radius 1 is 1.00 bits per heavy atom. The zero-order valence-electron chi connectivity index (χ0n) is 17.9. The van der Waals surface area contributed by atoms with E-state index in [0.29, 0.717) is 23.6 Å². The maximum Gasteiger partial charge on any atom is 0.148 e. The van der Waals surface area contributed by atoms with Gasteiger partial charge >= 0.3 is 0 Å². The first kappa shape index (κ1) is 19.6. The molecule has 0 bridgehead atoms. The molecule has 2 N–H and O–H groups in total. The maximum absolute atomic E-state index is 9.78. The number of aromatic nitrogens is 4. The minimum Gasteiger partial charge on any atom is -0.365 e. The van der Waals surface area contributed by atoms with Gasteiger partial charge in [-0.1, -0.05) is 48.0 Å². The van der Waals surface area contributed by atoms with Crippen LogP contribution in [0.5, 0.6) is 0 Å². The fraction of sp³-hybridized carbons (Fsp3) is 0.115. The smallest absolute Gasteiger partial charge is 0.148 e. The molecule has 0 radical (unpaired) electrons. The summed E-state index contributed by atoms with van der Waals surface area (Å²) < 4.78 is 1.82. The summed E-state index contributed by atoms with van der Waals surface area (Å²) in [6, 6.07) is 25.1. The largest absolute Gasteiger partial charge is 0.365 e. The number of aromatic amines is 1. The van der Waals surface area contributed by atoms with Crippen LogP contribution in [-0.4, -0.2) is 20.0 Å². The van der Waals surface area contributed by atoms with E-state index < -0.39 is 0 Å². The van der Waals surface area contributed by atoms with Gasteiger partial charge in [0.2, 0.25) is 0 Å². The van der Waals surface area contributed by atoms with Crippen LogP contribution in [0.2, 0.25) is 0 Å². The highest BCUT2D eigenvalue weighted by atomic mass is 15.3. The molecule has 0 spiro atoms. The molecule has 0 unspecified atom stereocenters. The number of hydrogen-bond acceptors (Lipinski definition) is 4. The van der Waals surface area contributed by atoms with Crippen molar-refractivity contribution in [2.45, 2.75) is 20.4 Å². The minimum absolute atomic E-state index is 0.551. The topological polar surface area (TPSA) is 82.3 Å². The Balaban J connectivity index is 1.51. The van der Waals surface area contributed by atoms with Crippen LogP contribution < -0.4 is 5.32 Å². The maximum atomic E-state index is 9.78. The standard InChI is InChI=1S/C26H22N6/c1-17-5-3-6-20(11-17)21-7-4-8-23(13-21)32-26(24(14-27)18(2)31-32)28-15-19-9-10-25-22(12-19)16-29-30-25/h3-13,16,28H,15H2,1-2H3,(H,29,30). The van der Waals surface area contributed by atoms with Gasteiger partial charge in [0.05, 0.1) is 23.1 Å². The van der Waals surface area contributed by atoms with Crippen LogP contribution >= 0.6 is 0 Å². The molecule has 0 atom stereocenters. The van der Waals surface area contributed by atoms with Crippen molar-refractivity contribution in [3.63, 3.8) is 0 Å². The van der Waals surface area contributed by atoms with Gasteiger partial charge in [0.1, 0.15) is 17.5 Å². The third kappa shape index (κ3) is 3.61. The number of H-pyrrole nitrogens is 1. The van der Waals surface area contributed by atoms with Crippen LogP contribution in [-0.2, 0) is 6.54 Å². The lowest BCUT2D eigenvalue weighted by Crippen LogP contribution is -2.07. The summed E-state index contributed by atoms with van der Waals surface area (Å²) >= 11 is 0. The zero-order valence-corrected chi connectivity index (χ0v) is 17.9. The van der Waals surface area contributed by atoms with Crippen molar-refractivity contribution >= 4 is 16.7 Å². The van der Waals surface area contributed by atoms with Crippen molar-refractivity contribution in [2.75, 3.05) is 5.32 Å². The molecule has 156 valence electrons. The molecule has 0 saturated heterocycles. The molecule has 2 aromatic heterocycles. The van der Waals surface area contributed by atoms with Gasteiger partial charge in [0, 0.05) is 11.9 Å². The van der Waals surface area contributed by atoms with Crippen LogP contribution in [0.4, 0.5) is 5.82 Å². The number of fused-ring (bicyclic) bond motifs is 1. The summed E-state index contributed by atoms with van der Waals surface area (Å²) in [5.41, 5.74) is 7.72. The van der Waals surface area contributed by atoms with Gasteiger partial charge in [0.15, 0.2) is 0 Å². The molecule has 6 heteroatoms. The van der Waals surface area contributed by atoms with E-state index in [2.05, 4.69) is 76.1 Å². The van der Waals surface area contributed by atoms with E-state index in [1.807, 2.05) is 42.1 Å². The van der Waals surface area contributed by atoms with Gasteiger partial charge < -0.3 is 5.32 Å². The van der Waals surface area contributed by atoms with Crippen molar-refractivity contribution in [1.29, 1.82) is 5.26 Å². The Morgan fingerprint density at radius 2 is 1.81 bits per heavy atom. The molecular weight excluding hydrogens is 396 g/mol. The normalized spacial score (nSPS) is 10.9. The Bertz CT molecular complexity index is 1470. The zero-order chi connectivity index (χ0) is 22.1. The van der Waals surface area contributed by atoms with Crippen LogP contribution in [0.25, 0.3) is 27.7 Å². The molecule has 6 nitrogen and oxygen atoms in total. The lowest BCUT2D eigenvalue weighted by Gasteiger charge is -2.12. The van der Waals surface area contributed by atoms with Crippen LogP contribution in [0.1, 0.15) is 22.4 Å². The molecule has 0 aliphatic heterocycles. The van der Waals surface area contributed by atoms with Gasteiger partial charge in [-0.25, -0.2) is 4.68 Å². The van der Waals surface area contributed by atoms with Crippen LogP contribution in [0.3, 0.4) is 0 Å². The number of nitrogens with zero attached hydrogens (tertiary/aromatic N) is 4. The number of hydrogen-bond donors (Lipinski definition) is 2. The van der Waals surface area contributed by atoms with Crippen molar-refractivity contribution in [3.05, 3.63) is 95.3 Å². The molecular formula is C26H22N6. The van der Waals surface area contributed by atoms with E-state index in [0.717, 1.165) is 33.3 Å². The molecule has 3 aromatic carbocycles. The highest BCUT2D eigenvalue weighted by Gasteiger charge is 2.17. The molecule has 32 heavy (non-hydrogen) atoms. The summed E-state index contributed by atoms with van der Waals surface area (Å²) in [4.78, 5) is 0. The van der Waals surface area contributed by atoms with Gasteiger partial charge in [-0.05, 0) is 54.8 Å². The predicted octanol–water partition coefficient (Wildman–Crippen LogP) is 5.52. The highest BCUT2D eigenvalue weighted by Crippen LogP contribution is 2.28. The Labute approximate surface area is 186 Å². The molecule has 0 amide bonds. The Hall–Kier alpha value is -4.37. The SMILES string of the molecule is Cc1cccc(-c2cccc(-n3nc(C)c(C#N)c3NCc3ccc4[nH]ncc4c3)c2)c1. The average molecular weight is 419 g/mol. The Kier molecular flexibility index (Phi) is 4.92. The first-order valence-corrected chi connectivity index (χ1v) is 10.5. The third-order valence-corrected chi connectivity index (χ3v) is 5.58. The van der Waals surface area contributed by atoms with Crippen molar-refractivity contribution in [1.82, 2.24) is 20.0 Å². The van der Waals surface area contributed by atoms with Gasteiger partial charge in [-0.15, -0.1) is 0 Å². The molecule has 0 saturated carbocycles. The lowest BCUT2D eigenvalue weighted by molar-refractivity contribution is 0.859. The molecule has 0 aliphatic carbocycles. The lowest BCUT2D eigenvalue weighted by atomic mass is 10.0. The van der Waals surface area contributed by atoms with Crippen molar-refractivity contribution < 1.29 is 0 Å². The van der Waals surface area contributed by atoms with Crippen LogP contribution in [0.15, 0.2) is 72.9 Å². The summed E-state index contributed by atoms with van der Waals surface area (Å²) in [6.45, 7) is 4.52. The molecule has 5 rings (SSSR count). The van der Waals surface area contributed by atoms with E-state index in [1.165, 1.54) is 5.56 Å². The van der Waals surface area contributed by atoms with Gasteiger partial charge in [-0.2, -0.15) is 15.5 Å². The number of nitrogens with one attached hydrogen (secondary N) is 2. The number of benzene rings is 3. The second-order valence-corrected chi connectivity index (χ2v) is 7.90. The van der Waals surface area contributed by atoms with E-state index in [4.69, 9.17) is 0 Å². The second-order valence-electron chi connectivity index (χ2n) is 7.90. The summed E-state index contributed by atoms with van der Waals surface area (Å²) in [5, 5.41) is 26.0. The van der Waals surface area contributed by atoms with E-state index >= 15 is 0 Å². The molecule has 0 fully saturated rings. The fourth-order valence-electron chi connectivity index (χ4n) is 3.94. The first-order valence-electron chi connectivity index (χ1n) is 10.5. The van der Waals surface area contributed by atoms with Gasteiger partial charge in [0.25, 0.3) is 0 Å². The molecule has 2 heterocycles. The number of rotatable bonds is 5. The monoisotopic (exact) mass is 418 g/mol. The fourth-order valence-corrected chi connectivity index (χ4v) is 3.94. The summed E-state index contributed by atoms with van der Waals surface area (Å²) in [7, 11) is 0. The van der Waals surface area contributed by atoms with E-state index in [9.17, 15) is 5.26 Å². The average Bonchev–Trinajstić information content (AvgIpc) is 3.41. The van der Waals surface area contributed by atoms with Crippen molar-refractivity contribution in [2.24, 2.45) is 0 Å². The first-order chi connectivity index (χ1) is 15.6. The Morgan fingerprint density at radius 3 is 2.62 bits per heavy atom. The number of nitriles is 1. The van der Waals surface area contributed by atoms with E-state index in [1.54, 1.807) is 0 Å². The summed E-state index contributed by atoms with van der Waals surface area (Å²) in [6.07, 6.45) is 1.81. The minimum atomic E-state index is 0.551. The predicted molar refractivity (Wildman–Crippen MR) is 127 cm³/mol. The quantitative estimate of drug-likeness (QED) is 0.394. The highest BCUT2D eigenvalue weighted by molar-refractivity contribution is 5.78. The van der Waals surface area contributed by atoms with E-state index in [-0.39, 0.29) is 0 Å². The van der Waals surface area contributed by atoms with Crippen LogP contribution in [0, 0.1) is 25.2 Å². The number of anilines is 1. The van der Waals surface area contributed by atoms with Gasteiger partial charge in [-0.3, -0.25) is 5.10 Å². The molecule has 5 aromatic rings. The number of aryl methyl sites for hydroxylation is 2. The third-order valence-electron chi connectivity index (χ3n) is 5.58. The molecule has 0 aliphatic rings. The van der Waals surface area contributed by atoms with Crippen molar-refractivity contribution in [3.8, 4) is 22.9 Å².